The summed E-state index contributed by atoms with van der Waals surface area (Å²) in [6.45, 7) is 9.33. The Morgan fingerprint density at radius 2 is 1.52 bits per heavy atom. The summed E-state index contributed by atoms with van der Waals surface area (Å²) in [4.78, 5) is 26.1. The van der Waals surface area contributed by atoms with Crippen molar-refractivity contribution in [3.63, 3.8) is 0 Å². The van der Waals surface area contributed by atoms with Crippen molar-refractivity contribution in [2.75, 3.05) is 13.1 Å². The second-order valence-corrected chi connectivity index (χ2v) is 6.71. The number of carboxylic acids is 1. The molecule has 4 heteroatoms. The molecular weight excluding hydrogens is 266 g/mol. The molecule has 0 saturated carbocycles. The number of likely N-dealkylation sites (tertiary alicyclic amines) is 1. The molecule has 2 rings (SSSR count). The summed E-state index contributed by atoms with van der Waals surface area (Å²) in [6, 6.07) is 3.58. The summed E-state index contributed by atoms with van der Waals surface area (Å²) >= 11 is 0. The Morgan fingerprint density at radius 1 is 1.05 bits per heavy atom. The smallest absolute Gasteiger partial charge is 0.336 e. The van der Waals surface area contributed by atoms with E-state index in [-0.39, 0.29) is 16.9 Å². The molecule has 0 spiro atoms. The van der Waals surface area contributed by atoms with Crippen LogP contribution in [0.5, 0.6) is 0 Å². The van der Waals surface area contributed by atoms with E-state index in [0.717, 1.165) is 18.4 Å². The molecule has 1 aliphatic heterocycles. The van der Waals surface area contributed by atoms with E-state index >= 15 is 0 Å². The zero-order valence-corrected chi connectivity index (χ0v) is 13.2. The Kier molecular flexibility index (Phi) is 4.08. The van der Waals surface area contributed by atoms with Crippen LogP contribution in [0, 0.1) is 19.3 Å². The van der Waals surface area contributed by atoms with Crippen LogP contribution in [0.15, 0.2) is 12.1 Å². The molecule has 1 amide bonds. The predicted octanol–water partition coefficient (Wildman–Crippen LogP) is 3.26. The van der Waals surface area contributed by atoms with Crippen molar-refractivity contribution in [3.8, 4) is 0 Å². The molecule has 1 aromatic rings. The number of rotatable bonds is 2. The number of aromatic carboxylic acids is 1. The van der Waals surface area contributed by atoms with E-state index in [1.54, 1.807) is 24.8 Å². The van der Waals surface area contributed by atoms with Crippen LogP contribution in [-0.4, -0.2) is 35.0 Å². The van der Waals surface area contributed by atoms with Crippen molar-refractivity contribution < 1.29 is 14.7 Å². The molecule has 21 heavy (non-hydrogen) atoms. The molecule has 0 radical (unpaired) electrons. The third-order valence-electron chi connectivity index (χ3n) is 4.45. The van der Waals surface area contributed by atoms with Gasteiger partial charge in [0.2, 0.25) is 0 Å². The lowest BCUT2D eigenvalue weighted by molar-refractivity contribution is 0.0608. The molecule has 4 nitrogen and oxygen atoms in total. The molecule has 1 heterocycles. The van der Waals surface area contributed by atoms with Gasteiger partial charge < -0.3 is 10.0 Å². The molecule has 1 fully saturated rings. The van der Waals surface area contributed by atoms with Crippen LogP contribution < -0.4 is 0 Å². The second kappa shape index (κ2) is 5.51. The first-order valence-electron chi connectivity index (χ1n) is 7.36. The van der Waals surface area contributed by atoms with Gasteiger partial charge in [0.1, 0.15) is 0 Å². The van der Waals surface area contributed by atoms with Gasteiger partial charge in [-0.3, -0.25) is 4.79 Å². The number of carboxylic acid groups (broad SMARTS) is 1. The summed E-state index contributed by atoms with van der Waals surface area (Å²) in [7, 11) is 0. The Morgan fingerprint density at radius 3 is 2.00 bits per heavy atom. The van der Waals surface area contributed by atoms with E-state index in [0.29, 0.717) is 24.2 Å². The van der Waals surface area contributed by atoms with Crippen LogP contribution in [0.3, 0.4) is 0 Å². The third-order valence-corrected chi connectivity index (χ3v) is 4.45. The molecule has 0 bridgehead atoms. The van der Waals surface area contributed by atoms with Gasteiger partial charge in [-0.25, -0.2) is 4.79 Å². The maximum Gasteiger partial charge on any atom is 0.336 e. The maximum absolute atomic E-state index is 12.8. The second-order valence-electron chi connectivity index (χ2n) is 6.71. The highest BCUT2D eigenvalue weighted by Gasteiger charge is 2.31. The van der Waals surface area contributed by atoms with E-state index in [1.165, 1.54) is 0 Å². The van der Waals surface area contributed by atoms with Gasteiger partial charge in [0.15, 0.2) is 0 Å². The van der Waals surface area contributed by atoms with Gasteiger partial charge >= 0.3 is 5.97 Å². The first kappa shape index (κ1) is 15.5. The average Bonchev–Trinajstić information content (AvgIpc) is 2.40. The largest absolute Gasteiger partial charge is 0.478 e. The van der Waals surface area contributed by atoms with Crippen molar-refractivity contribution in [2.24, 2.45) is 5.41 Å². The monoisotopic (exact) mass is 289 g/mol. The summed E-state index contributed by atoms with van der Waals surface area (Å²) < 4.78 is 0. The number of amides is 1. The van der Waals surface area contributed by atoms with E-state index in [2.05, 4.69) is 13.8 Å². The Balaban J connectivity index is 2.36. The maximum atomic E-state index is 12.8. The average molecular weight is 289 g/mol. The van der Waals surface area contributed by atoms with Crippen LogP contribution >= 0.6 is 0 Å². The molecule has 114 valence electrons. The minimum Gasteiger partial charge on any atom is -0.478 e. The molecule has 1 aromatic carbocycles. The van der Waals surface area contributed by atoms with Crippen molar-refractivity contribution in [1.82, 2.24) is 4.90 Å². The third kappa shape index (κ3) is 3.09. The van der Waals surface area contributed by atoms with Gasteiger partial charge in [-0.2, -0.15) is 0 Å². The number of hydrogen-bond acceptors (Lipinski definition) is 2. The normalized spacial score (nSPS) is 17.6. The zero-order valence-electron chi connectivity index (χ0n) is 13.2. The van der Waals surface area contributed by atoms with Crippen molar-refractivity contribution in [3.05, 3.63) is 34.4 Å². The fourth-order valence-electron chi connectivity index (χ4n) is 2.84. The minimum atomic E-state index is -1.03. The number of piperidine rings is 1. The number of nitrogens with zero attached hydrogens (tertiary/aromatic N) is 1. The summed E-state index contributed by atoms with van der Waals surface area (Å²) in [5, 5.41) is 9.43. The molecule has 0 atom stereocenters. The van der Waals surface area contributed by atoms with Crippen molar-refractivity contribution in [1.29, 1.82) is 0 Å². The van der Waals surface area contributed by atoms with Crippen molar-refractivity contribution in [2.45, 2.75) is 40.5 Å². The van der Waals surface area contributed by atoms with Gasteiger partial charge in [-0.05, 0) is 43.2 Å². The Bertz CT molecular complexity index is 580. The topological polar surface area (TPSA) is 57.6 Å². The molecule has 0 unspecified atom stereocenters. The highest BCUT2D eigenvalue weighted by molar-refractivity contribution is 6.06. The van der Waals surface area contributed by atoms with Crippen LogP contribution in [0.25, 0.3) is 0 Å². The lowest BCUT2D eigenvalue weighted by atomic mass is 9.82. The Labute approximate surface area is 125 Å². The number of benzene rings is 1. The molecule has 1 N–H and O–H groups in total. The van der Waals surface area contributed by atoms with E-state index in [4.69, 9.17) is 0 Å². The first-order chi connectivity index (χ1) is 9.73. The molecule has 1 saturated heterocycles. The van der Waals surface area contributed by atoms with Gasteiger partial charge in [-0.1, -0.05) is 26.0 Å². The van der Waals surface area contributed by atoms with Crippen LogP contribution in [0.1, 0.15) is 58.5 Å². The predicted molar refractivity (Wildman–Crippen MR) is 81.8 cm³/mol. The van der Waals surface area contributed by atoms with E-state index in [9.17, 15) is 14.7 Å². The first-order valence-corrected chi connectivity index (χ1v) is 7.36. The lowest BCUT2D eigenvalue weighted by Crippen LogP contribution is -2.42. The quantitative estimate of drug-likeness (QED) is 0.909. The lowest BCUT2D eigenvalue weighted by Gasteiger charge is -2.37. The highest BCUT2D eigenvalue weighted by Crippen LogP contribution is 2.31. The SMILES string of the molecule is Cc1ccc(C)c(C(=O)N2CCC(C)(C)CC2)c1C(=O)O. The minimum absolute atomic E-state index is 0.143. The fraction of sp³-hybridized carbons (Fsp3) is 0.529. The fourth-order valence-corrected chi connectivity index (χ4v) is 2.84. The molecule has 0 aliphatic carbocycles. The zero-order chi connectivity index (χ0) is 15.8. The number of carbonyl (C=O) groups excluding carboxylic acids is 1. The molecular formula is C17H23NO3. The Hall–Kier alpha value is -1.84. The molecule has 1 aliphatic rings. The van der Waals surface area contributed by atoms with Gasteiger partial charge in [0.25, 0.3) is 5.91 Å². The number of aryl methyl sites for hydroxylation is 2. The standard InChI is InChI=1S/C17H23NO3/c1-11-5-6-12(2)14(16(20)21)13(11)15(19)18-9-7-17(3,4)8-10-18/h5-6H,7-10H2,1-4H3,(H,20,21). The van der Waals surface area contributed by atoms with Crippen LogP contribution in [-0.2, 0) is 0 Å². The van der Waals surface area contributed by atoms with E-state index in [1.807, 2.05) is 6.07 Å². The summed E-state index contributed by atoms with van der Waals surface area (Å²) in [5.41, 5.74) is 2.11. The summed E-state index contributed by atoms with van der Waals surface area (Å²) in [6.07, 6.45) is 1.90. The van der Waals surface area contributed by atoms with Gasteiger partial charge in [0, 0.05) is 13.1 Å². The van der Waals surface area contributed by atoms with Crippen LogP contribution in [0.2, 0.25) is 0 Å². The van der Waals surface area contributed by atoms with Crippen molar-refractivity contribution >= 4 is 11.9 Å². The molecule has 0 aromatic heterocycles. The van der Waals surface area contributed by atoms with E-state index < -0.39 is 5.97 Å². The van der Waals surface area contributed by atoms with Crippen LogP contribution in [0.4, 0.5) is 0 Å². The number of carbonyl (C=O) groups is 2. The number of hydrogen-bond donors (Lipinski definition) is 1. The van der Waals surface area contributed by atoms with Gasteiger partial charge in [0.05, 0.1) is 11.1 Å². The van der Waals surface area contributed by atoms with Gasteiger partial charge in [-0.15, -0.1) is 0 Å². The summed E-state index contributed by atoms with van der Waals surface area (Å²) in [5.74, 6) is -1.18. The highest BCUT2D eigenvalue weighted by atomic mass is 16.4.